The fourth-order valence-corrected chi connectivity index (χ4v) is 2.72. The number of aryl methyl sites for hydroxylation is 2. The van der Waals surface area contributed by atoms with Crippen LogP contribution < -0.4 is 5.48 Å². The first-order valence-electron chi connectivity index (χ1n) is 4.26. The number of rotatable bonds is 2. The summed E-state index contributed by atoms with van der Waals surface area (Å²) in [5.41, 5.74) is 3.66. The quantitative estimate of drug-likeness (QED) is 0.730. The summed E-state index contributed by atoms with van der Waals surface area (Å²) >= 11 is 1.58. The van der Waals surface area contributed by atoms with Gasteiger partial charge in [0.1, 0.15) is 0 Å². The van der Waals surface area contributed by atoms with Gasteiger partial charge in [-0.25, -0.2) is 5.48 Å². The van der Waals surface area contributed by atoms with Crippen LogP contribution in [0.1, 0.15) is 26.5 Å². The molecule has 0 fully saturated rings. The maximum Gasteiger partial charge on any atom is 0.284 e. The van der Waals surface area contributed by atoms with Crippen LogP contribution in [-0.2, 0) is 17.7 Å². The molecule has 70 valence electrons. The van der Waals surface area contributed by atoms with Crippen molar-refractivity contribution in [3.8, 4) is 0 Å². The van der Waals surface area contributed by atoms with Gasteiger partial charge in [-0.05, 0) is 30.9 Å². The Bertz CT molecular complexity index is 311. The third-order valence-electron chi connectivity index (χ3n) is 2.17. The number of carbonyl (C=O) groups is 1. The minimum Gasteiger partial charge on any atom is -0.277 e. The van der Waals surface area contributed by atoms with Gasteiger partial charge in [0, 0.05) is 4.88 Å². The molecule has 0 aromatic carbocycles. The molecular weight excluding hydrogens is 186 g/mol. The molecule has 1 N–H and O–H groups in total. The molecule has 0 atom stereocenters. The van der Waals surface area contributed by atoms with Crippen molar-refractivity contribution >= 4 is 17.2 Å². The van der Waals surface area contributed by atoms with E-state index in [1.807, 2.05) is 6.07 Å². The Morgan fingerprint density at radius 2 is 2.46 bits per heavy atom. The number of thiophene rings is 1. The normalized spacial score (nSPS) is 14.2. The van der Waals surface area contributed by atoms with E-state index in [9.17, 15) is 4.79 Å². The first-order chi connectivity index (χ1) is 6.31. The minimum atomic E-state index is -0.137. The standard InChI is InChI=1S/C9H11NO2S/c1-12-10-9(11)8-5-6-3-2-4-7(6)13-8/h5H,2-4H2,1H3,(H,10,11). The number of hydrogen-bond donors (Lipinski definition) is 1. The fourth-order valence-electron chi connectivity index (χ4n) is 1.58. The van der Waals surface area contributed by atoms with Gasteiger partial charge >= 0.3 is 0 Å². The predicted octanol–water partition coefficient (Wildman–Crippen LogP) is 1.53. The van der Waals surface area contributed by atoms with E-state index in [1.54, 1.807) is 11.3 Å². The molecule has 1 aromatic rings. The van der Waals surface area contributed by atoms with Crippen molar-refractivity contribution in [2.24, 2.45) is 0 Å². The van der Waals surface area contributed by atoms with Crippen LogP contribution >= 0.6 is 11.3 Å². The summed E-state index contributed by atoms with van der Waals surface area (Å²) < 4.78 is 0. The summed E-state index contributed by atoms with van der Waals surface area (Å²) in [6.07, 6.45) is 3.47. The molecule has 0 unspecified atom stereocenters. The predicted molar refractivity (Wildman–Crippen MR) is 50.8 cm³/mol. The number of hydrogen-bond acceptors (Lipinski definition) is 3. The summed E-state index contributed by atoms with van der Waals surface area (Å²) in [5.74, 6) is -0.137. The van der Waals surface area contributed by atoms with Crippen LogP contribution in [0.3, 0.4) is 0 Å². The van der Waals surface area contributed by atoms with E-state index in [1.165, 1.54) is 24.0 Å². The molecule has 0 radical (unpaired) electrons. The largest absolute Gasteiger partial charge is 0.284 e. The van der Waals surface area contributed by atoms with Crippen molar-refractivity contribution < 1.29 is 9.63 Å². The van der Waals surface area contributed by atoms with Crippen molar-refractivity contribution in [2.45, 2.75) is 19.3 Å². The highest BCUT2D eigenvalue weighted by atomic mass is 32.1. The lowest BCUT2D eigenvalue weighted by Gasteiger charge is -1.97. The lowest BCUT2D eigenvalue weighted by molar-refractivity contribution is 0.0542. The molecule has 3 nitrogen and oxygen atoms in total. The summed E-state index contributed by atoms with van der Waals surface area (Å²) in [6, 6.07) is 1.97. The van der Waals surface area contributed by atoms with Crippen LogP contribution in [0.5, 0.6) is 0 Å². The maximum absolute atomic E-state index is 11.3. The van der Waals surface area contributed by atoms with Crippen molar-refractivity contribution in [1.82, 2.24) is 5.48 Å². The highest BCUT2D eigenvalue weighted by Gasteiger charge is 2.17. The van der Waals surface area contributed by atoms with Crippen molar-refractivity contribution in [2.75, 3.05) is 7.11 Å². The minimum absolute atomic E-state index is 0.137. The molecule has 2 rings (SSSR count). The van der Waals surface area contributed by atoms with E-state index < -0.39 is 0 Å². The van der Waals surface area contributed by atoms with Crippen molar-refractivity contribution in [3.63, 3.8) is 0 Å². The van der Waals surface area contributed by atoms with Gasteiger partial charge in [-0.2, -0.15) is 0 Å². The van der Waals surface area contributed by atoms with Gasteiger partial charge in [0.25, 0.3) is 5.91 Å². The molecule has 13 heavy (non-hydrogen) atoms. The van der Waals surface area contributed by atoms with Crippen molar-refractivity contribution in [1.29, 1.82) is 0 Å². The molecule has 0 bridgehead atoms. The Labute approximate surface area is 80.7 Å². The van der Waals surface area contributed by atoms with Gasteiger partial charge in [0.05, 0.1) is 12.0 Å². The monoisotopic (exact) mass is 197 g/mol. The topological polar surface area (TPSA) is 38.3 Å². The molecule has 0 spiro atoms. The highest BCUT2D eigenvalue weighted by molar-refractivity contribution is 7.14. The molecule has 1 amide bonds. The summed E-state index contributed by atoms with van der Waals surface area (Å²) in [4.78, 5) is 18.0. The zero-order valence-electron chi connectivity index (χ0n) is 7.42. The summed E-state index contributed by atoms with van der Waals surface area (Å²) in [6.45, 7) is 0. The lowest BCUT2D eigenvalue weighted by atomic mass is 10.2. The number of hydroxylamine groups is 1. The fraction of sp³-hybridized carbons (Fsp3) is 0.444. The van der Waals surface area contributed by atoms with Gasteiger partial charge in [-0.15, -0.1) is 11.3 Å². The molecule has 0 saturated carbocycles. The van der Waals surface area contributed by atoms with Gasteiger partial charge in [0.15, 0.2) is 0 Å². The van der Waals surface area contributed by atoms with E-state index in [2.05, 4.69) is 10.3 Å². The summed E-state index contributed by atoms with van der Waals surface area (Å²) in [7, 11) is 1.44. The van der Waals surface area contributed by atoms with Gasteiger partial charge in [-0.1, -0.05) is 0 Å². The van der Waals surface area contributed by atoms with Crippen LogP contribution in [0.15, 0.2) is 6.07 Å². The molecule has 1 heterocycles. The van der Waals surface area contributed by atoms with E-state index in [4.69, 9.17) is 0 Å². The third-order valence-corrected chi connectivity index (χ3v) is 3.40. The van der Waals surface area contributed by atoms with Crippen LogP contribution in [-0.4, -0.2) is 13.0 Å². The Balaban J connectivity index is 2.18. The Hall–Kier alpha value is -0.870. The van der Waals surface area contributed by atoms with Crippen LogP contribution in [0.25, 0.3) is 0 Å². The number of carbonyl (C=O) groups excluding carboxylic acids is 1. The second-order valence-corrected chi connectivity index (χ2v) is 4.18. The van der Waals surface area contributed by atoms with Crippen LogP contribution in [0.2, 0.25) is 0 Å². The number of amides is 1. The molecular formula is C9H11NO2S. The zero-order valence-corrected chi connectivity index (χ0v) is 8.24. The SMILES string of the molecule is CONC(=O)c1cc2c(s1)CCC2. The van der Waals surface area contributed by atoms with Crippen LogP contribution in [0.4, 0.5) is 0 Å². The molecule has 1 aliphatic carbocycles. The average molecular weight is 197 g/mol. The molecule has 1 aliphatic rings. The van der Waals surface area contributed by atoms with E-state index in [-0.39, 0.29) is 5.91 Å². The average Bonchev–Trinajstić information content (AvgIpc) is 2.61. The number of nitrogens with one attached hydrogen (secondary N) is 1. The van der Waals surface area contributed by atoms with Crippen molar-refractivity contribution in [3.05, 3.63) is 21.4 Å². The van der Waals surface area contributed by atoms with E-state index >= 15 is 0 Å². The van der Waals surface area contributed by atoms with Crippen LogP contribution in [0, 0.1) is 0 Å². The Morgan fingerprint density at radius 3 is 3.15 bits per heavy atom. The van der Waals surface area contributed by atoms with Gasteiger partial charge in [-0.3, -0.25) is 9.63 Å². The first-order valence-corrected chi connectivity index (χ1v) is 5.08. The molecule has 4 heteroatoms. The lowest BCUT2D eigenvalue weighted by Crippen LogP contribution is -2.20. The van der Waals surface area contributed by atoms with E-state index in [0.29, 0.717) is 0 Å². The zero-order chi connectivity index (χ0) is 9.26. The number of fused-ring (bicyclic) bond motifs is 1. The van der Waals surface area contributed by atoms with Gasteiger partial charge < -0.3 is 0 Å². The smallest absolute Gasteiger partial charge is 0.277 e. The molecule has 1 aromatic heterocycles. The van der Waals surface area contributed by atoms with Gasteiger partial charge in [0.2, 0.25) is 0 Å². The van der Waals surface area contributed by atoms with E-state index in [0.717, 1.165) is 17.7 Å². The first kappa shape index (κ1) is 8.72. The third kappa shape index (κ3) is 1.59. The molecule has 0 aliphatic heterocycles. The Morgan fingerprint density at radius 1 is 1.62 bits per heavy atom. The second kappa shape index (κ2) is 3.47. The second-order valence-electron chi connectivity index (χ2n) is 3.05. The maximum atomic E-state index is 11.3. The summed E-state index contributed by atoms with van der Waals surface area (Å²) in [5, 5.41) is 0. The molecule has 0 saturated heterocycles. The highest BCUT2D eigenvalue weighted by Crippen LogP contribution is 2.30. The Kier molecular flexibility index (Phi) is 2.33.